The Morgan fingerprint density at radius 2 is 1.17 bits per heavy atom. The van der Waals surface area contributed by atoms with Crippen molar-refractivity contribution in [3.8, 4) is 0 Å². The first-order valence-electron chi connectivity index (χ1n) is 19.1. The fourth-order valence-electron chi connectivity index (χ4n) is 5.28. The number of nitrogens with two attached hydrogens (primary N) is 1. The third-order valence-electron chi connectivity index (χ3n) is 8.21. The third-order valence-corrected chi connectivity index (χ3v) is 9.19. The second-order valence-corrected chi connectivity index (χ2v) is 14.2. The second kappa shape index (κ2) is 34.6. The number of hydrogen-bond donors (Lipinski definition) is 4. The maximum Gasteiger partial charge on any atom is 0.472 e. The van der Waals surface area contributed by atoms with E-state index in [1.807, 2.05) is 6.08 Å². The van der Waals surface area contributed by atoms with Crippen molar-refractivity contribution in [3.63, 3.8) is 0 Å². The van der Waals surface area contributed by atoms with E-state index in [9.17, 15) is 19.4 Å². The molecule has 0 spiro atoms. The van der Waals surface area contributed by atoms with Gasteiger partial charge in [0.05, 0.1) is 25.4 Å². The fourth-order valence-corrected chi connectivity index (χ4v) is 6.04. The van der Waals surface area contributed by atoms with Crippen LogP contribution in [0.4, 0.5) is 0 Å². The summed E-state index contributed by atoms with van der Waals surface area (Å²) in [6, 6.07) is -0.865. The van der Waals surface area contributed by atoms with Gasteiger partial charge >= 0.3 is 7.82 Å². The monoisotopic (exact) mass is 685 g/mol. The van der Waals surface area contributed by atoms with E-state index in [0.29, 0.717) is 6.42 Å². The maximum atomic E-state index is 12.7. The van der Waals surface area contributed by atoms with Gasteiger partial charge in [0.15, 0.2) is 0 Å². The number of hydrogen-bond acceptors (Lipinski definition) is 6. The Hall–Kier alpha value is -1.28. The number of nitrogens with one attached hydrogen (secondary N) is 1. The zero-order valence-electron chi connectivity index (χ0n) is 30.3. The van der Waals surface area contributed by atoms with Crippen LogP contribution in [0.5, 0.6) is 0 Å². The van der Waals surface area contributed by atoms with Gasteiger partial charge in [-0.15, -0.1) is 0 Å². The van der Waals surface area contributed by atoms with Crippen LogP contribution in [0, 0.1) is 0 Å². The van der Waals surface area contributed by atoms with Gasteiger partial charge in [0.2, 0.25) is 5.91 Å². The van der Waals surface area contributed by atoms with E-state index in [1.54, 1.807) is 6.08 Å². The van der Waals surface area contributed by atoms with Crippen molar-refractivity contribution in [2.75, 3.05) is 19.8 Å². The zero-order chi connectivity index (χ0) is 34.7. The van der Waals surface area contributed by atoms with E-state index < -0.39 is 20.0 Å². The van der Waals surface area contributed by atoms with E-state index >= 15 is 0 Å². The molecular weight excluding hydrogens is 611 g/mol. The SMILES string of the molecule is CCCCC/C=C\C/C=C\CCCCCCCC(=O)NC(COP(=O)(O)OCCN)C(O)/C=C/CCCCCCCCCCCCC. The minimum Gasteiger partial charge on any atom is -0.387 e. The average molecular weight is 685 g/mol. The van der Waals surface area contributed by atoms with E-state index in [4.69, 9.17) is 14.8 Å². The number of unbranched alkanes of at least 4 members (excludes halogenated alkanes) is 19. The summed E-state index contributed by atoms with van der Waals surface area (Å²) in [7, 11) is -4.33. The van der Waals surface area contributed by atoms with Crippen LogP contribution in [-0.2, 0) is 18.4 Å². The summed E-state index contributed by atoms with van der Waals surface area (Å²) < 4.78 is 22.0. The van der Waals surface area contributed by atoms with Crippen LogP contribution in [0.15, 0.2) is 36.5 Å². The highest BCUT2D eigenvalue weighted by Crippen LogP contribution is 2.43. The van der Waals surface area contributed by atoms with Crippen molar-refractivity contribution in [1.82, 2.24) is 5.32 Å². The van der Waals surface area contributed by atoms with Crippen molar-refractivity contribution in [1.29, 1.82) is 0 Å². The second-order valence-electron chi connectivity index (χ2n) is 12.8. The van der Waals surface area contributed by atoms with Gasteiger partial charge in [0.25, 0.3) is 0 Å². The number of aliphatic hydroxyl groups excluding tert-OH is 1. The Morgan fingerprint density at radius 3 is 1.72 bits per heavy atom. The lowest BCUT2D eigenvalue weighted by Gasteiger charge is -2.23. The summed E-state index contributed by atoms with van der Waals surface area (Å²) in [5, 5.41) is 13.6. The van der Waals surface area contributed by atoms with Gasteiger partial charge in [0.1, 0.15) is 0 Å². The highest BCUT2D eigenvalue weighted by Gasteiger charge is 2.26. The van der Waals surface area contributed by atoms with Crippen molar-refractivity contribution < 1.29 is 28.4 Å². The van der Waals surface area contributed by atoms with Crippen LogP contribution in [-0.4, -0.2) is 47.8 Å². The lowest BCUT2D eigenvalue weighted by molar-refractivity contribution is -0.123. The molecule has 1 amide bonds. The molecule has 0 aromatic carbocycles. The van der Waals surface area contributed by atoms with Gasteiger partial charge in [-0.05, 0) is 51.4 Å². The third kappa shape index (κ3) is 33.0. The molecule has 9 heteroatoms. The molecule has 0 aromatic rings. The Morgan fingerprint density at radius 1 is 0.702 bits per heavy atom. The van der Waals surface area contributed by atoms with Crippen LogP contribution in [0.25, 0.3) is 0 Å². The largest absolute Gasteiger partial charge is 0.472 e. The van der Waals surface area contributed by atoms with Gasteiger partial charge in [-0.25, -0.2) is 4.57 Å². The lowest BCUT2D eigenvalue weighted by Crippen LogP contribution is -2.45. The summed E-state index contributed by atoms with van der Waals surface area (Å²) in [4.78, 5) is 22.6. The summed E-state index contributed by atoms with van der Waals surface area (Å²) in [5.41, 5.74) is 5.35. The Balaban J connectivity index is 4.35. The molecule has 47 heavy (non-hydrogen) atoms. The van der Waals surface area contributed by atoms with Crippen LogP contribution in [0.1, 0.15) is 168 Å². The quantitative estimate of drug-likeness (QED) is 0.0297. The van der Waals surface area contributed by atoms with Crippen LogP contribution < -0.4 is 11.1 Å². The number of aliphatic hydroxyl groups is 1. The Bertz CT molecular complexity index is 835. The van der Waals surface area contributed by atoms with Crippen molar-refractivity contribution in [3.05, 3.63) is 36.5 Å². The molecule has 0 aliphatic carbocycles. The van der Waals surface area contributed by atoms with Crippen LogP contribution >= 0.6 is 7.82 Å². The van der Waals surface area contributed by atoms with Gasteiger partial charge in [-0.3, -0.25) is 13.8 Å². The van der Waals surface area contributed by atoms with Gasteiger partial charge in [-0.2, -0.15) is 0 Å². The van der Waals surface area contributed by atoms with Crippen molar-refractivity contribution in [2.45, 2.75) is 180 Å². The maximum absolute atomic E-state index is 12.7. The number of phosphoric acid groups is 1. The predicted molar refractivity (Wildman–Crippen MR) is 198 cm³/mol. The highest BCUT2D eigenvalue weighted by molar-refractivity contribution is 7.47. The van der Waals surface area contributed by atoms with Gasteiger partial charge in [0, 0.05) is 13.0 Å². The normalized spacial score (nSPS) is 14.7. The number of phosphoric ester groups is 1. The van der Waals surface area contributed by atoms with E-state index in [0.717, 1.165) is 64.2 Å². The average Bonchev–Trinajstić information content (AvgIpc) is 3.05. The van der Waals surface area contributed by atoms with Crippen molar-refractivity contribution in [2.24, 2.45) is 5.73 Å². The van der Waals surface area contributed by atoms with Gasteiger partial charge < -0.3 is 21.1 Å². The van der Waals surface area contributed by atoms with E-state index in [-0.39, 0.29) is 25.7 Å². The standard InChI is InChI=1S/C38H73N2O6P/c1-3-5-7-9-11-13-15-17-18-20-22-24-26-28-30-32-38(42)40-36(35-46-47(43,44)45-34-33-39)37(41)31-29-27-25-23-21-19-16-14-12-10-8-6-4-2/h11,13,17-18,29,31,36-37,41H,3-10,12,14-16,19-28,30,32-35,39H2,1-2H3,(H,40,42)(H,43,44)/b13-11-,18-17-,31-29+. The molecule has 0 aliphatic heterocycles. The minimum absolute atomic E-state index is 0.0754. The number of allylic oxidation sites excluding steroid dienone is 5. The molecule has 8 nitrogen and oxygen atoms in total. The van der Waals surface area contributed by atoms with E-state index in [2.05, 4.69) is 43.5 Å². The van der Waals surface area contributed by atoms with Crippen LogP contribution in [0.2, 0.25) is 0 Å². The summed E-state index contributed by atoms with van der Waals surface area (Å²) in [5.74, 6) is -0.210. The molecule has 3 atom stereocenters. The lowest BCUT2D eigenvalue weighted by atomic mass is 10.0. The van der Waals surface area contributed by atoms with Crippen molar-refractivity contribution >= 4 is 13.7 Å². The van der Waals surface area contributed by atoms with Gasteiger partial charge in [-0.1, -0.05) is 147 Å². The molecular formula is C38H73N2O6P. The first-order valence-corrected chi connectivity index (χ1v) is 20.6. The van der Waals surface area contributed by atoms with E-state index in [1.165, 1.54) is 83.5 Å². The number of rotatable bonds is 35. The molecule has 0 fully saturated rings. The molecule has 0 radical (unpaired) electrons. The molecule has 276 valence electrons. The molecule has 0 aliphatic rings. The Kier molecular flexibility index (Phi) is 33.6. The number of carbonyl (C=O) groups is 1. The predicted octanol–water partition coefficient (Wildman–Crippen LogP) is 10.00. The minimum atomic E-state index is -4.33. The fraction of sp³-hybridized carbons (Fsp3) is 0.816. The molecule has 0 saturated heterocycles. The molecule has 0 saturated carbocycles. The van der Waals surface area contributed by atoms with Crippen LogP contribution in [0.3, 0.4) is 0 Å². The molecule has 0 aromatic heterocycles. The first kappa shape index (κ1) is 45.7. The number of carbonyl (C=O) groups excluding carboxylic acids is 1. The zero-order valence-corrected chi connectivity index (χ0v) is 31.2. The smallest absolute Gasteiger partial charge is 0.387 e. The molecule has 0 heterocycles. The topological polar surface area (TPSA) is 131 Å². The number of amides is 1. The molecule has 5 N–H and O–H groups in total. The summed E-state index contributed by atoms with van der Waals surface area (Å²) >= 11 is 0. The highest BCUT2D eigenvalue weighted by atomic mass is 31.2. The molecule has 0 bridgehead atoms. The molecule has 0 rings (SSSR count). The first-order chi connectivity index (χ1) is 22.9. The Labute approximate surface area is 289 Å². The molecule has 3 unspecified atom stereocenters. The summed E-state index contributed by atoms with van der Waals surface area (Å²) in [6.07, 6.45) is 38.9. The summed E-state index contributed by atoms with van der Waals surface area (Å²) in [6.45, 7) is 4.07.